The normalized spacial score (nSPS) is 13.9. The van der Waals surface area contributed by atoms with Crippen molar-refractivity contribution in [2.24, 2.45) is 0 Å². The van der Waals surface area contributed by atoms with Gasteiger partial charge in [-0.3, -0.25) is 5.32 Å². The SMILES string of the molecule is Cc1ccc(-c2nc(C)c([C@@H](C)N[C@@H](C)c3nnc(C)o3)s2)cc1. The lowest BCUT2D eigenvalue weighted by atomic mass is 10.1. The number of nitrogens with one attached hydrogen (secondary N) is 1. The maximum Gasteiger partial charge on any atom is 0.233 e. The van der Waals surface area contributed by atoms with E-state index in [1.165, 1.54) is 10.4 Å². The van der Waals surface area contributed by atoms with Crippen LogP contribution in [-0.4, -0.2) is 15.2 Å². The molecule has 0 saturated carbocycles. The minimum atomic E-state index is -0.00877. The molecule has 0 unspecified atom stereocenters. The quantitative estimate of drug-likeness (QED) is 0.738. The van der Waals surface area contributed by atoms with Crippen LogP contribution in [0.25, 0.3) is 10.6 Å². The molecule has 1 aromatic carbocycles. The van der Waals surface area contributed by atoms with Crippen LogP contribution >= 0.6 is 11.3 Å². The Kier molecular flexibility index (Phi) is 4.78. The number of nitrogens with zero attached hydrogens (tertiary/aromatic N) is 3. The second kappa shape index (κ2) is 6.83. The summed E-state index contributed by atoms with van der Waals surface area (Å²) in [5.41, 5.74) is 3.48. The number of benzene rings is 1. The molecule has 1 N–H and O–H groups in total. The van der Waals surface area contributed by atoms with Crippen LogP contribution in [-0.2, 0) is 0 Å². The van der Waals surface area contributed by atoms with Crippen LogP contribution in [0.3, 0.4) is 0 Å². The number of rotatable bonds is 5. The molecule has 2 aromatic heterocycles. The number of hydrogen-bond donors (Lipinski definition) is 1. The molecule has 0 saturated heterocycles. The maximum absolute atomic E-state index is 5.50. The third-order valence-electron chi connectivity index (χ3n) is 3.94. The van der Waals surface area contributed by atoms with Gasteiger partial charge in [-0.15, -0.1) is 21.5 Å². The number of aryl methyl sites for hydroxylation is 3. The van der Waals surface area contributed by atoms with E-state index in [0.29, 0.717) is 11.8 Å². The molecule has 3 aromatic rings. The van der Waals surface area contributed by atoms with Crippen molar-refractivity contribution in [3.05, 3.63) is 52.2 Å². The smallest absolute Gasteiger partial charge is 0.233 e. The molecule has 0 amide bonds. The van der Waals surface area contributed by atoms with E-state index < -0.39 is 0 Å². The fourth-order valence-electron chi connectivity index (χ4n) is 2.64. The van der Waals surface area contributed by atoms with Gasteiger partial charge < -0.3 is 4.42 Å². The second-order valence-electron chi connectivity index (χ2n) is 6.10. The third kappa shape index (κ3) is 3.55. The van der Waals surface area contributed by atoms with Gasteiger partial charge in [0.25, 0.3) is 0 Å². The molecule has 6 heteroatoms. The predicted molar refractivity (Wildman–Crippen MR) is 96.0 cm³/mol. The number of hydrogen-bond acceptors (Lipinski definition) is 6. The van der Waals surface area contributed by atoms with E-state index in [0.717, 1.165) is 16.3 Å². The molecule has 0 aliphatic carbocycles. The fraction of sp³-hybridized carbons (Fsp3) is 0.389. The Morgan fingerprint density at radius 1 is 1.00 bits per heavy atom. The minimum absolute atomic E-state index is 0.00877. The maximum atomic E-state index is 5.50. The van der Waals surface area contributed by atoms with Crippen molar-refractivity contribution < 1.29 is 4.42 Å². The lowest BCUT2D eigenvalue weighted by molar-refractivity contribution is 0.381. The monoisotopic (exact) mass is 342 g/mol. The molecule has 3 rings (SSSR count). The van der Waals surface area contributed by atoms with Gasteiger partial charge in [0.2, 0.25) is 11.8 Å². The standard InChI is InChI=1S/C18H22N4OS/c1-10-6-8-15(9-7-10)18-20-12(3)16(24-18)11(2)19-13(4)17-22-21-14(5)23-17/h6-9,11,13,19H,1-5H3/t11-,13+/m1/s1. The number of aromatic nitrogens is 3. The highest BCUT2D eigenvalue weighted by atomic mass is 32.1. The summed E-state index contributed by atoms with van der Waals surface area (Å²) in [4.78, 5) is 5.97. The molecule has 0 aliphatic rings. The van der Waals surface area contributed by atoms with Crippen molar-refractivity contribution in [2.75, 3.05) is 0 Å². The van der Waals surface area contributed by atoms with Gasteiger partial charge in [-0.25, -0.2) is 4.98 Å². The molecule has 0 radical (unpaired) electrons. The molecule has 0 fully saturated rings. The third-order valence-corrected chi connectivity index (χ3v) is 5.33. The first-order valence-corrected chi connectivity index (χ1v) is 8.86. The van der Waals surface area contributed by atoms with Crippen molar-refractivity contribution >= 4 is 11.3 Å². The first-order chi connectivity index (χ1) is 11.4. The zero-order valence-corrected chi connectivity index (χ0v) is 15.4. The Labute approximate surface area is 146 Å². The molecule has 126 valence electrons. The minimum Gasteiger partial charge on any atom is -0.424 e. The van der Waals surface area contributed by atoms with Gasteiger partial charge in [-0.1, -0.05) is 29.8 Å². The summed E-state index contributed by atoms with van der Waals surface area (Å²) in [5.74, 6) is 1.20. The molecule has 0 bridgehead atoms. The van der Waals surface area contributed by atoms with E-state index in [-0.39, 0.29) is 12.1 Å². The summed E-state index contributed by atoms with van der Waals surface area (Å²) in [7, 11) is 0. The van der Waals surface area contributed by atoms with Crippen molar-refractivity contribution in [1.29, 1.82) is 0 Å². The second-order valence-corrected chi connectivity index (χ2v) is 7.13. The van der Waals surface area contributed by atoms with Gasteiger partial charge in [-0.05, 0) is 27.7 Å². The molecule has 5 nitrogen and oxygen atoms in total. The van der Waals surface area contributed by atoms with Crippen LogP contribution in [0.2, 0.25) is 0 Å². The van der Waals surface area contributed by atoms with Crippen LogP contribution in [0.4, 0.5) is 0 Å². The van der Waals surface area contributed by atoms with Gasteiger partial charge in [0.15, 0.2) is 0 Å². The van der Waals surface area contributed by atoms with Gasteiger partial charge in [0, 0.05) is 23.4 Å². The summed E-state index contributed by atoms with van der Waals surface area (Å²) in [5, 5.41) is 12.5. The summed E-state index contributed by atoms with van der Waals surface area (Å²) in [6, 6.07) is 8.63. The number of thiazole rings is 1. The highest BCUT2D eigenvalue weighted by Gasteiger charge is 2.20. The Morgan fingerprint density at radius 2 is 1.71 bits per heavy atom. The lowest BCUT2D eigenvalue weighted by Crippen LogP contribution is -2.22. The molecule has 24 heavy (non-hydrogen) atoms. The van der Waals surface area contributed by atoms with Crippen LogP contribution < -0.4 is 5.32 Å². The Hall–Kier alpha value is -2.05. The predicted octanol–water partition coefficient (Wildman–Crippen LogP) is 4.53. The molecular weight excluding hydrogens is 320 g/mol. The van der Waals surface area contributed by atoms with E-state index in [4.69, 9.17) is 9.40 Å². The van der Waals surface area contributed by atoms with E-state index >= 15 is 0 Å². The zero-order valence-electron chi connectivity index (χ0n) is 14.6. The van der Waals surface area contributed by atoms with E-state index in [9.17, 15) is 0 Å². The van der Waals surface area contributed by atoms with Crippen LogP contribution in [0.15, 0.2) is 28.7 Å². The Morgan fingerprint density at radius 3 is 2.33 bits per heavy atom. The van der Waals surface area contributed by atoms with Crippen molar-refractivity contribution in [2.45, 2.75) is 46.7 Å². The van der Waals surface area contributed by atoms with Gasteiger partial charge in [0.05, 0.1) is 11.7 Å². The molecule has 2 heterocycles. The summed E-state index contributed by atoms with van der Waals surface area (Å²) in [6.45, 7) is 10.1. The van der Waals surface area contributed by atoms with Gasteiger partial charge in [0.1, 0.15) is 5.01 Å². The molecule has 2 atom stereocenters. The molecule has 0 aliphatic heterocycles. The highest BCUT2D eigenvalue weighted by Crippen LogP contribution is 2.32. The topological polar surface area (TPSA) is 63.8 Å². The fourth-order valence-corrected chi connectivity index (χ4v) is 3.72. The molecule has 0 spiro atoms. The summed E-state index contributed by atoms with van der Waals surface area (Å²) in [6.07, 6.45) is 0. The summed E-state index contributed by atoms with van der Waals surface area (Å²) >= 11 is 1.73. The first-order valence-electron chi connectivity index (χ1n) is 8.04. The van der Waals surface area contributed by atoms with Crippen LogP contribution in [0.1, 0.15) is 53.8 Å². The van der Waals surface area contributed by atoms with Crippen molar-refractivity contribution in [3.63, 3.8) is 0 Å². The van der Waals surface area contributed by atoms with E-state index in [1.54, 1.807) is 18.3 Å². The van der Waals surface area contributed by atoms with Gasteiger partial charge >= 0.3 is 0 Å². The average molecular weight is 342 g/mol. The first kappa shape index (κ1) is 16.8. The van der Waals surface area contributed by atoms with Crippen LogP contribution in [0.5, 0.6) is 0 Å². The average Bonchev–Trinajstić information content (AvgIpc) is 3.14. The van der Waals surface area contributed by atoms with Crippen LogP contribution in [0, 0.1) is 20.8 Å². The van der Waals surface area contributed by atoms with E-state index in [1.807, 2.05) is 6.92 Å². The lowest BCUT2D eigenvalue weighted by Gasteiger charge is -2.16. The highest BCUT2D eigenvalue weighted by molar-refractivity contribution is 7.15. The van der Waals surface area contributed by atoms with Crippen molar-refractivity contribution in [1.82, 2.24) is 20.5 Å². The Bertz CT molecular complexity index is 822. The van der Waals surface area contributed by atoms with Crippen molar-refractivity contribution in [3.8, 4) is 10.6 Å². The Balaban J connectivity index is 1.77. The molecular formula is C18H22N4OS. The summed E-state index contributed by atoms with van der Waals surface area (Å²) < 4.78 is 5.50. The zero-order chi connectivity index (χ0) is 17.3. The largest absolute Gasteiger partial charge is 0.424 e. The van der Waals surface area contributed by atoms with Gasteiger partial charge in [-0.2, -0.15) is 0 Å². The van der Waals surface area contributed by atoms with E-state index in [2.05, 4.69) is 60.6 Å².